The van der Waals surface area contributed by atoms with Crippen LogP contribution in [0.5, 0.6) is 0 Å². The molecule has 0 bridgehead atoms. The molecule has 2 aromatic rings. The van der Waals surface area contributed by atoms with Gasteiger partial charge in [-0.1, -0.05) is 49.7 Å². The van der Waals surface area contributed by atoms with E-state index in [0.717, 1.165) is 17.3 Å². The van der Waals surface area contributed by atoms with Crippen molar-refractivity contribution >= 4 is 17.7 Å². The Balaban J connectivity index is 1.57. The van der Waals surface area contributed by atoms with Crippen molar-refractivity contribution in [3.63, 3.8) is 0 Å². The van der Waals surface area contributed by atoms with E-state index < -0.39 is 0 Å². The normalized spacial score (nSPS) is 21.1. The van der Waals surface area contributed by atoms with Crippen LogP contribution < -0.4 is 5.32 Å². The van der Waals surface area contributed by atoms with E-state index in [-0.39, 0.29) is 5.91 Å². The zero-order valence-electron chi connectivity index (χ0n) is 13.3. The van der Waals surface area contributed by atoms with Crippen LogP contribution in [0.1, 0.15) is 32.6 Å². The Morgan fingerprint density at radius 2 is 2.09 bits per heavy atom. The molecule has 1 saturated carbocycles. The van der Waals surface area contributed by atoms with Crippen LogP contribution in [0.25, 0.3) is 5.69 Å². The quantitative estimate of drug-likeness (QED) is 0.856. The molecule has 1 aromatic heterocycles. The minimum absolute atomic E-state index is 0.0800. The first-order chi connectivity index (χ1) is 11.2. The summed E-state index contributed by atoms with van der Waals surface area (Å²) < 4.78 is 1.90. The van der Waals surface area contributed by atoms with Gasteiger partial charge in [0.2, 0.25) is 5.91 Å². The smallest absolute Gasteiger partial charge is 0.230 e. The number of amides is 1. The molecule has 0 aliphatic heterocycles. The first-order valence-corrected chi connectivity index (χ1v) is 9.10. The third-order valence-corrected chi connectivity index (χ3v) is 5.28. The van der Waals surface area contributed by atoms with Gasteiger partial charge in [0.15, 0.2) is 5.16 Å². The van der Waals surface area contributed by atoms with Crippen molar-refractivity contribution in [2.45, 2.75) is 43.8 Å². The maximum atomic E-state index is 12.2. The molecule has 0 saturated heterocycles. The van der Waals surface area contributed by atoms with Crippen LogP contribution in [0.4, 0.5) is 0 Å². The van der Waals surface area contributed by atoms with Crippen LogP contribution in [-0.4, -0.2) is 32.5 Å². The van der Waals surface area contributed by atoms with E-state index in [4.69, 9.17) is 0 Å². The van der Waals surface area contributed by atoms with Crippen molar-refractivity contribution < 1.29 is 4.79 Å². The molecule has 1 aliphatic rings. The minimum Gasteiger partial charge on any atom is -0.352 e. The molecule has 122 valence electrons. The molecule has 1 N–H and O–H groups in total. The van der Waals surface area contributed by atoms with Crippen molar-refractivity contribution in [1.82, 2.24) is 20.1 Å². The molecule has 23 heavy (non-hydrogen) atoms. The first-order valence-electron chi connectivity index (χ1n) is 8.11. The van der Waals surface area contributed by atoms with Gasteiger partial charge in [0.25, 0.3) is 0 Å². The topological polar surface area (TPSA) is 59.8 Å². The fourth-order valence-corrected chi connectivity index (χ4v) is 3.74. The average Bonchev–Trinajstić information content (AvgIpc) is 3.04. The van der Waals surface area contributed by atoms with E-state index in [1.54, 1.807) is 6.33 Å². The highest BCUT2D eigenvalue weighted by atomic mass is 32.2. The van der Waals surface area contributed by atoms with Gasteiger partial charge in [0.1, 0.15) is 6.33 Å². The van der Waals surface area contributed by atoms with Crippen molar-refractivity contribution in [3.8, 4) is 5.69 Å². The van der Waals surface area contributed by atoms with E-state index in [0.29, 0.717) is 17.7 Å². The van der Waals surface area contributed by atoms with Gasteiger partial charge in [-0.25, -0.2) is 0 Å². The predicted octanol–water partition coefficient (Wildman–Crippen LogP) is 3.05. The van der Waals surface area contributed by atoms with E-state index in [2.05, 4.69) is 22.4 Å². The summed E-state index contributed by atoms with van der Waals surface area (Å²) in [7, 11) is 0. The highest BCUT2D eigenvalue weighted by molar-refractivity contribution is 7.99. The van der Waals surface area contributed by atoms with Gasteiger partial charge < -0.3 is 5.32 Å². The Bertz CT molecular complexity index is 643. The second-order valence-electron chi connectivity index (χ2n) is 6.04. The van der Waals surface area contributed by atoms with Gasteiger partial charge in [-0.3, -0.25) is 9.36 Å². The van der Waals surface area contributed by atoms with Crippen LogP contribution in [-0.2, 0) is 4.79 Å². The lowest BCUT2D eigenvalue weighted by Crippen LogP contribution is -2.41. The number of para-hydroxylation sites is 1. The average molecular weight is 330 g/mol. The molecule has 1 fully saturated rings. The minimum atomic E-state index is 0.0800. The third kappa shape index (κ3) is 4.13. The van der Waals surface area contributed by atoms with E-state index >= 15 is 0 Å². The highest BCUT2D eigenvalue weighted by Gasteiger charge is 2.22. The number of carbonyl (C=O) groups is 1. The Morgan fingerprint density at radius 1 is 1.30 bits per heavy atom. The summed E-state index contributed by atoms with van der Waals surface area (Å²) >= 11 is 1.42. The largest absolute Gasteiger partial charge is 0.352 e. The van der Waals surface area contributed by atoms with Crippen molar-refractivity contribution in [2.24, 2.45) is 5.92 Å². The van der Waals surface area contributed by atoms with Crippen LogP contribution in [0.2, 0.25) is 0 Å². The number of hydrogen-bond acceptors (Lipinski definition) is 4. The summed E-state index contributed by atoms with van der Waals surface area (Å²) in [5.41, 5.74) is 1.00. The number of rotatable bonds is 5. The van der Waals surface area contributed by atoms with Crippen molar-refractivity contribution in [3.05, 3.63) is 36.7 Å². The fourth-order valence-electron chi connectivity index (χ4n) is 3.00. The molecule has 3 rings (SSSR count). The van der Waals surface area contributed by atoms with E-state index in [1.807, 2.05) is 34.9 Å². The maximum absolute atomic E-state index is 12.2. The second kappa shape index (κ2) is 7.64. The number of hydrogen-bond donors (Lipinski definition) is 1. The van der Waals surface area contributed by atoms with Gasteiger partial charge in [-0.2, -0.15) is 0 Å². The summed E-state index contributed by atoms with van der Waals surface area (Å²) in [6.45, 7) is 2.23. The molecule has 0 unspecified atom stereocenters. The second-order valence-corrected chi connectivity index (χ2v) is 6.99. The number of carbonyl (C=O) groups excluding carboxylic acids is 1. The van der Waals surface area contributed by atoms with Gasteiger partial charge in [-0.05, 0) is 30.9 Å². The SMILES string of the molecule is C[C@H]1CCCC[C@@H]1NC(=O)CSc1nncn1-c1ccccc1. The molecule has 2 atom stereocenters. The summed E-state index contributed by atoms with van der Waals surface area (Å²) in [5, 5.41) is 12.0. The van der Waals surface area contributed by atoms with Crippen molar-refractivity contribution in [2.75, 3.05) is 5.75 Å². The Labute approximate surface area is 140 Å². The number of benzene rings is 1. The summed E-state index contributed by atoms with van der Waals surface area (Å²) in [4.78, 5) is 12.2. The zero-order valence-corrected chi connectivity index (χ0v) is 14.1. The summed E-state index contributed by atoms with van der Waals surface area (Å²) in [5.74, 6) is 1.02. The molecular formula is C17H22N4OS. The lowest BCUT2D eigenvalue weighted by atomic mass is 9.86. The molecule has 1 aromatic carbocycles. The first kappa shape index (κ1) is 16.1. The lowest BCUT2D eigenvalue weighted by Gasteiger charge is -2.29. The molecule has 1 amide bonds. The number of thioether (sulfide) groups is 1. The Hall–Kier alpha value is -1.82. The molecule has 5 nitrogen and oxygen atoms in total. The van der Waals surface area contributed by atoms with E-state index in [1.165, 1.54) is 31.0 Å². The molecular weight excluding hydrogens is 308 g/mol. The molecule has 0 radical (unpaired) electrons. The molecule has 1 heterocycles. The van der Waals surface area contributed by atoms with Gasteiger partial charge in [0, 0.05) is 11.7 Å². The van der Waals surface area contributed by atoms with Crippen LogP contribution >= 0.6 is 11.8 Å². The number of nitrogens with one attached hydrogen (secondary N) is 1. The number of nitrogens with zero attached hydrogens (tertiary/aromatic N) is 3. The molecule has 1 aliphatic carbocycles. The standard InChI is InChI=1S/C17H22N4OS/c1-13-7-5-6-10-15(13)19-16(22)11-23-17-20-18-12-21(17)14-8-3-2-4-9-14/h2-4,8-9,12-13,15H,5-7,10-11H2,1H3,(H,19,22)/t13-,15-/m0/s1. The van der Waals surface area contributed by atoms with E-state index in [9.17, 15) is 4.79 Å². The van der Waals surface area contributed by atoms with Crippen LogP contribution in [0.3, 0.4) is 0 Å². The monoisotopic (exact) mass is 330 g/mol. The summed E-state index contributed by atoms with van der Waals surface area (Å²) in [6.07, 6.45) is 6.48. The van der Waals surface area contributed by atoms with Gasteiger partial charge >= 0.3 is 0 Å². The third-order valence-electron chi connectivity index (χ3n) is 4.34. The van der Waals surface area contributed by atoms with Crippen LogP contribution in [0.15, 0.2) is 41.8 Å². The predicted molar refractivity (Wildman–Crippen MR) is 91.6 cm³/mol. The fraction of sp³-hybridized carbons (Fsp3) is 0.471. The number of aromatic nitrogens is 3. The Kier molecular flexibility index (Phi) is 5.33. The lowest BCUT2D eigenvalue weighted by molar-refractivity contribution is -0.119. The van der Waals surface area contributed by atoms with Crippen LogP contribution in [0, 0.1) is 5.92 Å². The van der Waals surface area contributed by atoms with Crippen molar-refractivity contribution in [1.29, 1.82) is 0 Å². The van der Waals surface area contributed by atoms with Gasteiger partial charge in [-0.15, -0.1) is 10.2 Å². The molecule has 0 spiro atoms. The summed E-state index contributed by atoms with van der Waals surface area (Å²) in [6, 6.07) is 10.2. The highest BCUT2D eigenvalue weighted by Crippen LogP contribution is 2.24. The molecule has 6 heteroatoms. The zero-order chi connectivity index (χ0) is 16.1. The van der Waals surface area contributed by atoms with Gasteiger partial charge in [0.05, 0.1) is 5.75 Å². The Morgan fingerprint density at radius 3 is 2.87 bits per heavy atom. The maximum Gasteiger partial charge on any atom is 0.230 e.